The van der Waals surface area contributed by atoms with Gasteiger partial charge in [0.15, 0.2) is 0 Å². The van der Waals surface area contributed by atoms with Crippen molar-refractivity contribution in [1.82, 2.24) is 10.1 Å². The summed E-state index contributed by atoms with van der Waals surface area (Å²) in [6.07, 6.45) is 0. The van der Waals surface area contributed by atoms with Crippen LogP contribution >= 0.6 is 0 Å². The third-order valence-electron chi connectivity index (χ3n) is 1.49. The molecule has 0 saturated carbocycles. The van der Waals surface area contributed by atoms with Crippen LogP contribution in [0.4, 0.5) is 4.79 Å². The number of morpholine rings is 1. The summed E-state index contributed by atoms with van der Waals surface area (Å²) in [7, 11) is 0.637. The van der Waals surface area contributed by atoms with Gasteiger partial charge in [0.2, 0.25) is 0 Å². The smallest absolute Gasteiger partial charge is 0.435 e. The Labute approximate surface area is 65.6 Å². The molecule has 1 aliphatic rings. The van der Waals surface area contributed by atoms with Gasteiger partial charge in [-0.25, -0.2) is 4.79 Å². The molecule has 0 aromatic rings. The van der Waals surface area contributed by atoms with Gasteiger partial charge in [-0.1, -0.05) is 0 Å². The van der Waals surface area contributed by atoms with E-state index in [9.17, 15) is 4.79 Å². The van der Waals surface area contributed by atoms with E-state index in [0.29, 0.717) is 33.9 Å². The first-order valence-corrected chi connectivity index (χ1v) is 3.43. The highest BCUT2D eigenvalue weighted by molar-refractivity contribution is 6.27. The van der Waals surface area contributed by atoms with Gasteiger partial charge >= 0.3 is 13.6 Å². The van der Waals surface area contributed by atoms with Crippen LogP contribution in [0.3, 0.4) is 0 Å². The number of urea groups is 1. The zero-order chi connectivity index (χ0) is 8.10. The number of nitrogens with zero attached hydrogens (tertiary/aromatic N) is 1. The van der Waals surface area contributed by atoms with E-state index in [-0.39, 0.29) is 6.03 Å². The summed E-state index contributed by atoms with van der Waals surface area (Å²) in [5.74, 6) is 0. The summed E-state index contributed by atoms with van der Waals surface area (Å²) in [6.45, 7) is 2.30. The molecule has 1 radical (unpaired) electrons. The fourth-order valence-electron chi connectivity index (χ4n) is 0.913. The fraction of sp³-hybridized carbons (Fsp3) is 0.800. The summed E-state index contributed by atoms with van der Waals surface area (Å²) in [4.78, 5) is 12.5. The molecule has 11 heavy (non-hydrogen) atoms. The molecular weight excluding hydrogens is 147 g/mol. The lowest BCUT2D eigenvalue weighted by Gasteiger charge is -2.26. The Hall–Kier alpha value is -0.745. The van der Waals surface area contributed by atoms with Crippen LogP contribution in [0.1, 0.15) is 0 Å². The van der Waals surface area contributed by atoms with Crippen LogP contribution in [-0.4, -0.2) is 49.9 Å². The van der Waals surface area contributed by atoms with Crippen LogP contribution in [0.5, 0.6) is 0 Å². The van der Waals surface area contributed by atoms with Crippen molar-refractivity contribution in [1.29, 1.82) is 0 Å². The maximum Gasteiger partial charge on any atom is 0.437 e. The number of amides is 2. The van der Waals surface area contributed by atoms with Gasteiger partial charge in [-0.15, -0.1) is 0 Å². The van der Waals surface area contributed by atoms with Gasteiger partial charge in [0.1, 0.15) is 0 Å². The molecular formula is C5H10BN2O3. The van der Waals surface area contributed by atoms with Gasteiger partial charge in [0, 0.05) is 13.1 Å². The zero-order valence-corrected chi connectivity index (χ0v) is 6.12. The second kappa shape index (κ2) is 4.20. The van der Waals surface area contributed by atoms with E-state index in [0.717, 1.165) is 0 Å². The molecule has 1 saturated heterocycles. The Kier molecular flexibility index (Phi) is 3.19. The van der Waals surface area contributed by atoms with Crippen molar-refractivity contribution in [2.45, 2.75) is 0 Å². The fourth-order valence-corrected chi connectivity index (χ4v) is 0.913. The predicted molar refractivity (Wildman–Crippen MR) is 38.9 cm³/mol. The summed E-state index contributed by atoms with van der Waals surface area (Å²) < 4.78 is 5.03. The van der Waals surface area contributed by atoms with Crippen LogP contribution in [0.25, 0.3) is 0 Å². The molecule has 2 N–H and O–H groups in total. The number of hydrogen-bond donors (Lipinski definition) is 2. The minimum Gasteiger partial charge on any atom is -0.435 e. The normalized spacial score (nSPS) is 17.7. The highest BCUT2D eigenvalue weighted by Crippen LogP contribution is 1.95. The van der Waals surface area contributed by atoms with Crippen molar-refractivity contribution in [3.8, 4) is 0 Å². The lowest BCUT2D eigenvalue weighted by Crippen LogP contribution is -2.47. The predicted octanol–water partition coefficient (Wildman–Crippen LogP) is -1.45. The molecule has 1 aliphatic heterocycles. The highest BCUT2D eigenvalue weighted by atomic mass is 16.5. The summed E-state index contributed by atoms with van der Waals surface area (Å²) >= 11 is 0. The second-order valence-electron chi connectivity index (χ2n) is 2.18. The average Bonchev–Trinajstić information content (AvgIpc) is 2.07. The van der Waals surface area contributed by atoms with E-state index in [4.69, 9.17) is 9.76 Å². The lowest BCUT2D eigenvalue weighted by atomic mass is 10.3. The van der Waals surface area contributed by atoms with Gasteiger partial charge in [-0.05, 0) is 0 Å². The molecule has 6 heteroatoms. The Balaban J connectivity index is 2.27. The molecule has 1 fully saturated rings. The van der Waals surface area contributed by atoms with E-state index in [1.54, 1.807) is 4.90 Å². The SMILES string of the molecule is O=C(N[B]O)N1CCOCC1. The Bertz CT molecular complexity index is 138. The van der Waals surface area contributed by atoms with Crippen LogP contribution in [0.2, 0.25) is 0 Å². The molecule has 0 bridgehead atoms. The standard InChI is InChI=1S/C5H10BN2O3/c9-5(7-6-10)8-1-3-11-4-2-8/h10H,1-4H2,(H,7,9). The number of rotatable bonds is 1. The third-order valence-corrected chi connectivity index (χ3v) is 1.49. The van der Waals surface area contributed by atoms with Crippen molar-refractivity contribution in [2.75, 3.05) is 26.3 Å². The van der Waals surface area contributed by atoms with Crippen molar-refractivity contribution in [3.63, 3.8) is 0 Å². The average molecular weight is 157 g/mol. The van der Waals surface area contributed by atoms with Crippen molar-refractivity contribution < 1.29 is 14.6 Å². The van der Waals surface area contributed by atoms with Gasteiger partial charge in [-0.2, -0.15) is 0 Å². The Morgan fingerprint density at radius 3 is 2.73 bits per heavy atom. The van der Waals surface area contributed by atoms with Crippen molar-refractivity contribution >= 4 is 13.6 Å². The third kappa shape index (κ3) is 2.40. The van der Waals surface area contributed by atoms with Gasteiger partial charge in [0.05, 0.1) is 13.2 Å². The van der Waals surface area contributed by atoms with Gasteiger partial charge in [0.25, 0.3) is 0 Å². The van der Waals surface area contributed by atoms with E-state index >= 15 is 0 Å². The largest absolute Gasteiger partial charge is 0.437 e. The van der Waals surface area contributed by atoms with Crippen LogP contribution in [-0.2, 0) is 4.74 Å². The molecule has 0 aromatic heterocycles. The van der Waals surface area contributed by atoms with E-state index in [1.807, 2.05) is 0 Å². The van der Waals surface area contributed by atoms with Gasteiger partial charge < -0.3 is 19.9 Å². The summed E-state index contributed by atoms with van der Waals surface area (Å²) in [5, 5.41) is 10.4. The molecule has 2 amide bonds. The lowest BCUT2D eigenvalue weighted by molar-refractivity contribution is 0.0543. The van der Waals surface area contributed by atoms with E-state index in [1.165, 1.54) is 0 Å². The minimum atomic E-state index is -0.282. The monoisotopic (exact) mass is 157 g/mol. The number of carbonyl (C=O) groups excluding carboxylic acids is 1. The number of nitrogens with one attached hydrogen (secondary N) is 1. The molecule has 5 nitrogen and oxygen atoms in total. The van der Waals surface area contributed by atoms with Crippen molar-refractivity contribution in [2.24, 2.45) is 0 Å². The first kappa shape index (κ1) is 8.35. The molecule has 0 aromatic carbocycles. The molecule has 1 rings (SSSR count). The highest BCUT2D eigenvalue weighted by Gasteiger charge is 2.15. The van der Waals surface area contributed by atoms with E-state index in [2.05, 4.69) is 5.23 Å². The molecule has 0 atom stereocenters. The Morgan fingerprint density at radius 1 is 1.55 bits per heavy atom. The molecule has 0 aliphatic carbocycles. The quantitative estimate of drug-likeness (QED) is 0.458. The Morgan fingerprint density at radius 2 is 2.18 bits per heavy atom. The minimum absolute atomic E-state index is 0.282. The first-order chi connectivity index (χ1) is 5.34. The molecule has 1 heterocycles. The van der Waals surface area contributed by atoms with Gasteiger partial charge in [-0.3, -0.25) is 0 Å². The molecule has 0 spiro atoms. The zero-order valence-electron chi connectivity index (χ0n) is 6.12. The van der Waals surface area contributed by atoms with Crippen LogP contribution < -0.4 is 5.23 Å². The van der Waals surface area contributed by atoms with Crippen LogP contribution in [0, 0.1) is 0 Å². The maximum atomic E-state index is 11.0. The topological polar surface area (TPSA) is 61.8 Å². The first-order valence-electron chi connectivity index (χ1n) is 3.43. The molecule has 0 unspecified atom stereocenters. The maximum absolute atomic E-state index is 11.0. The van der Waals surface area contributed by atoms with Crippen LogP contribution in [0.15, 0.2) is 0 Å². The summed E-state index contributed by atoms with van der Waals surface area (Å²) in [5.41, 5.74) is 0. The number of ether oxygens (including phenoxy) is 1. The number of carbonyl (C=O) groups is 1. The summed E-state index contributed by atoms with van der Waals surface area (Å²) in [6, 6.07) is -0.282. The van der Waals surface area contributed by atoms with E-state index < -0.39 is 0 Å². The van der Waals surface area contributed by atoms with Crippen molar-refractivity contribution in [3.05, 3.63) is 0 Å². The number of hydrogen-bond acceptors (Lipinski definition) is 3. The molecule has 61 valence electrons. The second-order valence-corrected chi connectivity index (χ2v) is 2.18.